The summed E-state index contributed by atoms with van der Waals surface area (Å²) < 4.78 is 5.38. The van der Waals surface area contributed by atoms with Crippen LogP contribution in [0.15, 0.2) is 0 Å². The second kappa shape index (κ2) is 8.52. The number of aliphatic hydroxyl groups excluding tert-OH is 1. The third-order valence-electron chi connectivity index (χ3n) is 3.88. The van der Waals surface area contributed by atoms with Crippen molar-refractivity contribution >= 4 is 5.97 Å². The molecule has 0 bridgehead atoms. The Labute approximate surface area is 111 Å². The van der Waals surface area contributed by atoms with E-state index < -0.39 is 12.0 Å². The van der Waals surface area contributed by atoms with Crippen LogP contribution in [0.1, 0.15) is 71.6 Å². The molecule has 0 spiro atoms. The zero-order valence-corrected chi connectivity index (χ0v) is 11.9. The highest BCUT2D eigenvalue weighted by Gasteiger charge is 2.24. The Hall–Kier alpha value is -0.570. The summed E-state index contributed by atoms with van der Waals surface area (Å²) >= 11 is 0. The summed E-state index contributed by atoms with van der Waals surface area (Å²) in [7, 11) is 0. The van der Waals surface area contributed by atoms with E-state index in [2.05, 4.69) is 0 Å². The topological polar surface area (TPSA) is 46.5 Å². The molecule has 0 aromatic heterocycles. The molecule has 3 atom stereocenters. The lowest BCUT2D eigenvalue weighted by molar-refractivity contribution is -0.156. The Balaban J connectivity index is 2.46. The van der Waals surface area contributed by atoms with Gasteiger partial charge in [-0.3, -0.25) is 4.79 Å². The van der Waals surface area contributed by atoms with Gasteiger partial charge < -0.3 is 9.84 Å². The Kier molecular flexibility index (Phi) is 7.33. The van der Waals surface area contributed by atoms with E-state index in [1.807, 2.05) is 6.92 Å². The van der Waals surface area contributed by atoms with Crippen LogP contribution in [0, 0.1) is 5.92 Å². The van der Waals surface area contributed by atoms with E-state index in [1.165, 1.54) is 25.7 Å². The van der Waals surface area contributed by atoms with Gasteiger partial charge >= 0.3 is 5.97 Å². The molecular weight excluding hydrogens is 228 g/mol. The largest absolute Gasteiger partial charge is 0.462 e. The monoisotopic (exact) mass is 256 g/mol. The van der Waals surface area contributed by atoms with Crippen LogP contribution >= 0.6 is 0 Å². The van der Waals surface area contributed by atoms with Crippen molar-refractivity contribution in [1.82, 2.24) is 0 Å². The Morgan fingerprint density at radius 2 is 1.44 bits per heavy atom. The molecule has 1 N–H and O–H groups in total. The number of esters is 1. The molecule has 1 heterocycles. The number of hydrogen-bond acceptors (Lipinski definition) is 3. The molecule has 3 heteroatoms. The van der Waals surface area contributed by atoms with Crippen molar-refractivity contribution in [2.24, 2.45) is 5.92 Å². The fraction of sp³-hybridized carbons (Fsp3) is 0.933. The summed E-state index contributed by atoms with van der Waals surface area (Å²) in [5, 5.41) is 9.94. The van der Waals surface area contributed by atoms with E-state index in [0.29, 0.717) is 6.42 Å². The van der Waals surface area contributed by atoms with Gasteiger partial charge in [0.05, 0.1) is 18.1 Å². The maximum absolute atomic E-state index is 11.8. The lowest BCUT2D eigenvalue weighted by Gasteiger charge is -2.21. The zero-order chi connectivity index (χ0) is 13.4. The first-order valence-electron chi connectivity index (χ1n) is 7.50. The lowest BCUT2D eigenvalue weighted by Crippen LogP contribution is -2.29. The third kappa shape index (κ3) is 5.85. The molecule has 106 valence electrons. The minimum absolute atomic E-state index is 0.0184. The summed E-state index contributed by atoms with van der Waals surface area (Å²) in [4.78, 5) is 11.8. The van der Waals surface area contributed by atoms with E-state index >= 15 is 0 Å². The summed E-state index contributed by atoms with van der Waals surface area (Å²) in [6, 6.07) is 0. The highest BCUT2D eigenvalue weighted by molar-refractivity contribution is 5.72. The number of cyclic esters (lactones) is 1. The number of hydrogen-bond donors (Lipinski definition) is 1. The van der Waals surface area contributed by atoms with Gasteiger partial charge in [0.1, 0.15) is 0 Å². The van der Waals surface area contributed by atoms with Crippen molar-refractivity contribution in [1.29, 1.82) is 0 Å². The van der Waals surface area contributed by atoms with Crippen molar-refractivity contribution in [3.05, 3.63) is 0 Å². The fourth-order valence-corrected chi connectivity index (χ4v) is 2.44. The van der Waals surface area contributed by atoms with Crippen molar-refractivity contribution in [2.75, 3.05) is 0 Å². The average Bonchev–Trinajstić information content (AvgIpc) is 2.34. The number of aliphatic hydroxyl groups is 1. The quantitative estimate of drug-likeness (QED) is 0.675. The van der Waals surface area contributed by atoms with Gasteiger partial charge in [-0.15, -0.1) is 0 Å². The van der Waals surface area contributed by atoms with Gasteiger partial charge in [0, 0.05) is 0 Å². The first kappa shape index (κ1) is 15.5. The summed E-state index contributed by atoms with van der Waals surface area (Å²) in [6.07, 6.45) is 9.44. The van der Waals surface area contributed by atoms with E-state index in [1.54, 1.807) is 6.92 Å². The zero-order valence-electron chi connectivity index (χ0n) is 11.9. The average molecular weight is 256 g/mol. The van der Waals surface area contributed by atoms with Crippen LogP contribution in [0.3, 0.4) is 0 Å². The predicted octanol–water partition coefficient (Wildman–Crippen LogP) is 3.44. The molecule has 1 aliphatic rings. The molecule has 0 aromatic carbocycles. The second-order valence-electron chi connectivity index (χ2n) is 5.66. The highest BCUT2D eigenvalue weighted by Crippen LogP contribution is 2.18. The van der Waals surface area contributed by atoms with Crippen molar-refractivity contribution in [3.63, 3.8) is 0 Å². The molecule has 0 saturated carbocycles. The van der Waals surface area contributed by atoms with Gasteiger partial charge in [0.25, 0.3) is 0 Å². The van der Waals surface area contributed by atoms with Crippen LogP contribution in [-0.4, -0.2) is 23.3 Å². The first-order chi connectivity index (χ1) is 8.61. The third-order valence-corrected chi connectivity index (χ3v) is 3.88. The molecule has 3 nitrogen and oxygen atoms in total. The minimum Gasteiger partial charge on any atom is -0.462 e. The maximum Gasteiger partial charge on any atom is 0.311 e. The van der Waals surface area contributed by atoms with E-state index in [9.17, 15) is 9.90 Å². The van der Waals surface area contributed by atoms with Crippen LogP contribution in [0.5, 0.6) is 0 Å². The molecule has 0 aromatic rings. The minimum atomic E-state index is -0.548. The Bertz CT molecular complexity index is 240. The second-order valence-corrected chi connectivity index (χ2v) is 5.66. The Morgan fingerprint density at radius 3 is 2.06 bits per heavy atom. The molecule has 0 amide bonds. The predicted molar refractivity (Wildman–Crippen MR) is 72.3 cm³/mol. The van der Waals surface area contributed by atoms with Crippen molar-refractivity contribution < 1.29 is 14.6 Å². The van der Waals surface area contributed by atoms with Crippen molar-refractivity contribution in [2.45, 2.75) is 83.8 Å². The van der Waals surface area contributed by atoms with Crippen molar-refractivity contribution in [3.8, 4) is 0 Å². The molecular formula is C15H28O3. The van der Waals surface area contributed by atoms with Crippen LogP contribution in [0.25, 0.3) is 0 Å². The van der Waals surface area contributed by atoms with Gasteiger partial charge in [-0.2, -0.15) is 0 Å². The molecule has 1 saturated heterocycles. The van der Waals surface area contributed by atoms with Gasteiger partial charge in [0.15, 0.2) is 0 Å². The standard InChI is InChI=1S/C15H28O3/c1-12-10-8-6-4-3-5-7-9-11-14(16)13(2)15(17)18-12/h12-14,16H,3-11H2,1-2H3/t12-,13+,14+/m0/s1. The number of ether oxygens (including phenoxy) is 1. The summed E-state index contributed by atoms with van der Waals surface area (Å²) in [5.41, 5.74) is 0. The lowest BCUT2D eigenvalue weighted by atomic mass is 9.97. The molecule has 0 unspecified atom stereocenters. The summed E-state index contributed by atoms with van der Waals surface area (Å²) in [6.45, 7) is 3.72. The van der Waals surface area contributed by atoms with Gasteiger partial charge in [-0.25, -0.2) is 0 Å². The van der Waals surface area contributed by atoms with Crippen LogP contribution in [-0.2, 0) is 9.53 Å². The number of rotatable bonds is 0. The first-order valence-corrected chi connectivity index (χ1v) is 7.50. The normalized spacial score (nSPS) is 33.5. The molecule has 0 radical (unpaired) electrons. The maximum atomic E-state index is 11.8. The van der Waals surface area contributed by atoms with Crippen LogP contribution in [0.2, 0.25) is 0 Å². The molecule has 18 heavy (non-hydrogen) atoms. The molecule has 0 aliphatic carbocycles. The Morgan fingerprint density at radius 1 is 0.944 bits per heavy atom. The van der Waals surface area contributed by atoms with E-state index in [0.717, 1.165) is 25.7 Å². The van der Waals surface area contributed by atoms with E-state index in [-0.39, 0.29) is 12.1 Å². The molecule has 1 aliphatic heterocycles. The number of carbonyl (C=O) groups is 1. The van der Waals surface area contributed by atoms with Crippen LogP contribution in [0.4, 0.5) is 0 Å². The fourth-order valence-electron chi connectivity index (χ4n) is 2.44. The highest BCUT2D eigenvalue weighted by atomic mass is 16.5. The van der Waals surface area contributed by atoms with Gasteiger partial charge in [-0.1, -0.05) is 38.5 Å². The molecule has 1 fully saturated rings. The van der Waals surface area contributed by atoms with Gasteiger partial charge in [0.2, 0.25) is 0 Å². The smallest absolute Gasteiger partial charge is 0.311 e. The van der Waals surface area contributed by atoms with Crippen LogP contribution < -0.4 is 0 Å². The number of carbonyl (C=O) groups excluding carboxylic acids is 1. The van der Waals surface area contributed by atoms with Gasteiger partial charge in [-0.05, 0) is 33.1 Å². The molecule has 1 rings (SSSR count). The summed E-state index contributed by atoms with van der Waals surface area (Å²) in [5.74, 6) is -0.637. The SMILES string of the molecule is C[C@H]1CCCCCCCCC[C@@H](O)[C@@H](C)C(=O)O1. The van der Waals surface area contributed by atoms with E-state index in [4.69, 9.17) is 4.74 Å².